The number of amidine groups is 1. The summed E-state index contributed by atoms with van der Waals surface area (Å²) in [6.07, 6.45) is 0. The molecule has 2 aromatic carbocycles. The van der Waals surface area contributed by atoms with Crippen molar-refractivity contribution in [2.45, 2.75) is 6.92 Å². The van der Waals surface area contributed by atoms with Gasteiger partial charge in [-0.1, -0.05) is 23.7 Å². The summed E-state index contributed by atoms with van der Waals surface area (Å²) in [5, 5.41) is 12.4. The molecule has 2 aliphatic heterocycles. The minimum absolute atomic E-state index is 0.0492. The first-order valence-electron chi connectivity index (χ1n) is 9.89. The van der Waals surface area contributed by atoms with Gasteiger partial charge in [0, 0.05) is 30.1 Å². The van der Waals surface area contributed by atoms with Crippen molar-refractivity contribution in [1.82, 2.24) is 9.38 Å². The Labute approximate surface area is 185 Å². The van der Waals surface area contributed by atoms with Gasteiger partial charge in [0.25, 0.3) is 0 Å². The largest absolute Gasteiger partial charge is 0.543 e. The molecule has 4 rings (SSSR count). The third-order valence-corrected chi connectivity index (χ3v) is 6.01. The van der Waals surface area contributed by atoms with E-state index in [-0.39, 0.29) is 16.7 Å². The van der Waals surface area contributed by atoms with Gasteiger partial charge in [0.15, 0.2) is 17.1 Å². The summed E-state index contributed by atoms with van der Waals surface area (Å²) in [4.78, 5) is 23.0. The fourth-order valence-electron chi connectivity index (χ4n) is 4.29. The van der Waals surface area contributed by atoms with Crippen LogP contribution < -0.4 is 9.59 Å². The summed E-state index contributed by atoms with van der Waals surface area (Å²) in [6.45, 7) is 3.04. The van der Waals surface area contributed by atoms with Crippen LogP contribution in [-0.4, -0.2) is 56.1 Å². The molecule has 0 saturated carbocycles. The van der Waals surface area contributed by atoms with Crippen molar-refractivity contribution >= 4 is 34.8 Å². The Morgan fingerprint density at radius 1 is 1.23 bits per heavy atom. The van der Waals surface area contributed by atoms with Gasteiger partial charge in [-0.25, -0.2) is 8.87 Å². The molecule has 0 fully saturated rings. The maximum Gasteiger partial charge on any atom is 0.210 e. The van der Waals surface area contributed by atoms with E-state index in [1.54, 1.807) is 37.3 Å². The minimum atomic E-state index is -1.35. The Kier molecular flexibility index (Phi) is 5.51. The summed E-state index contributed by atoms with van der Waals surface area (Å²) < 4.78 is 14.9. The van der Waals surface area contributed by atoms with Crippen LogP contribution in [0.15, 0.2) is 63.8 Å². The van der Waals surface area contributed by atoms with Gasteiger partial charge in [0.2, 0.25) is 5.84 Å². The number of rotatable bonds is 5. The van der Waals surface area contributed by atoms with Crippen molar-refractivity contribution < 1.29 is 14.3 Å². The fraction of sp³-hybridized carbons (Fsp3) is 0.261. The van der Waals surface area contributed by atoms with E-state index in [1.807, 2.05) is 25.1 Å². The van der Waals surface area contributed by atoms with Crippen LogP contribution in [0.5, 0.6) is 0 Å². The van der Waals surface area contributed by atoms with E-state index < -0.39 is 11.8 Å². The first-order chi connectivity index (χ1) is 14.8. The molecule has 0 spiro atoms. The van der Waals surface area contributed by atoms with Crippen LogP contribution in [0, 0.1) is 5.82 Å². The van der Waals surface area contributed by atoms with E-state index in [4.69, 9.17) is 11.6 Å². The van der Waals surface area contributed by atoms with Crippen LogP contribution in [0.3, 0.4) is 0 Å². The molecule has 0 amide bonds. The van der Waals surface area contributed by atoms with E-state index in [0.29, 0.717) is 46.5 Å². The molecule has 31 heavy (non-hydrogen) atoms. The van der Waals surface area contributed by atoms with E-state index in [9.17, 15) is 14.3 Å². The standard InChI is InChI=1S/C23H22ClFN4O2/c1-14-27-22(23(30)31)20-13-26-21(16-6-4-5-7-18(16)25)17-12-15(24)8-9-19(17)29(14,20)11-10-28(2)3/h4-9,12H,10-11,13H2,1-3H3. The van der Waals surface area contributed by atoms with Gasteiger partial charge in [0.05, 0.1) is 17.2 Å². The molecule has 160 valence electrons. The van der Waals surface area contributed by atoms with Crippen molar-refractivity contribution in [1.29, 1.82) is 0 Å². The third-order valence-electron chi connectivity index (χ3n) is 5.78. The fourth-order valence-corrected chi connectivity index (χ4v) is 4.46. The Morgan fingerprint density at radius 3 is 2.65 bits per heavy atom. The predicted octanol–water partition coefficient (Wildman–Crippen LogP) is 2.59. The van der Waals surface area contributed by atoms with Crippen LogP contribution in [0.25, 0.3) is 0 Å². The first-order valence-corrected chi connectivity index (χ1v) is 10.3. The summed E-state index contributed by atoms with van der Waals surface area (Å²) in [5.41, 5.74) is 2.58. The van der Waals surface area contributed by atoms with Crippen LogP contribution in [0.4, 0.5) is 10.1 Å². The molecule has 8 heteroatoms. The van der Waals surface area contributed by atoms with Crippen molar-refractivity contribution in [3.05, 3.63) is 75.8 Å². The number of benzene rings is 2. The normalized spacial score (nSPS) is 20.2. The van der Waals surface area contributed by atoms with Crippen LogP contribution in [0.1, 0.15) is 18.1 Å². The minimum Gasteiger partial charge on any atom is -0.543 e. The molecule has 0 bridgehead atoms. The number of carboxylic acids is 1. The molecule has 1 atom stereocenters. The van der Waals surface area contributed by atoms with Crippen molar-refractivity contribution in [3.8, 4) is 0 Å². The zero-order valence-electron chi connectivity index (χ0n) is 17.5. The van der Waals surface area contributed by atoms with Gasteiger partial charge in [-0.3, -0.25) is 4.99 Å². The number of halogens is 2. The zero-order chi connectivity index (χ0) is 22.3. The van der Waals surface area contributed by atoms with Crippen molar-refractivity contribution in [2.24, 2.45) is 9.98 Å². The van der Waals surface area contributed by atoms with E-state index in [2.05, 4.69) is 9.98 Å². The van der Waals surface area contributed by atoms with E-state index in [1.165, 1.54) is 6.07 Å². The van der Waals surface area contributed by atoms with Gasteiger partial charge < -0.3 is 14.8 Å². The molecule has 0 N–H and O–H groups in total. The molecule has 2 aliphatic rings. The number of quaternary nitrogens is 1. The van der Waals surface area contributed by atoms with Crippen molar-refractivity contribution in [2.75, 3.05) is 33.7 Å². The summed E-state index contributed by atoms with van der Waals surface area (Å²) in [7, 11) is 3.90. The lowest BCUT2D eigenvalue weighted by Crippen LogP contribution is -2.54. The third kappa shape index (κ3) is 3.48. The number of hydrogen-bond acceptors (Lipinski definition) is 5. The number of carboxylic acid groups (broad SMARTS) is 1. The molecular formula is C23H22ClFN4O2. The zero-order valence-corrected chi connectivity index (χ0v) is 18.3. The molecule has 0 aliphatic carbocycles. The molecule has 0 radical (unpaired) electrons. The molecular weight excluding hydrogens is 419 g/mol. The molecule has 2 heterocycles. The molecule has 0 saturated heterocycles. The van der Waals surface area contributed by atoms with Gasteiger partial charge in [0.1, 0.15) is 18.9 Å². The highest BCUT2D eigenvalue weighted by molar-refractivity contribution is 6.31. The SMILES string of the molecule is CC1=NC(C(=O)[O-])=C2CN=C(c3ccccc3F)c3cc(Cl)ccc3[N+]12CCN(C)C. The Hall–Kier alpha value is -2.87. The van der Waals surface area contributed by atoms with Gasteiger partial charge in [-0.15, -0.1) is 0 Å². The average Bonchev–Trinajstić information content (AvgIpc) is 2.92. The average molecular weight is 441 g/mol. The lowest BCUT2D eigenvalue weighted by atomic mass is 9.98. The van der Waals surface area contributed by atoms with Gasteiger partial charge in [-0.2, -0.15) is 4.99 Å². The highest BCUT2D eigenvalue weighted by atomic mass is 35.5. The predicted molar refractivity (Wildman–Crippen MR) is 119 cm³/mol. The lowest BCUT2D eigenvalue weighted by Gasteiger charge is -2.36. The Morgan fingerprint density at radius 2 is 1.97 bits per heavy atom. The van der Waals surface area contributed by atoms with Gasteiger partial charge in [-0.05, 0) is 38.4 Å². The Balaban J connectivity index is 2.05. The monoisotopic (exact) mass is 440 g/mol. The highest BCUT2D eigenvalue weighted by Gasteiger charge is 2.49. The summed E-state index contributed by atoms with van der Waals surface area (Å²) in [6, 6.07) is 11.8. The number of hydrogen-bond donors (Lipinski definition) is 0. The summed E-state index contributed by atoms with van der Waals surface area (Å²) >= 11 is 6.34. The molecule has 2 aromatic rings. The smallest absolute Gasteiger partial charge is 0.210 e. The van der Waals surface area contributed by atoms with Crippen LogP contribution in [0.2, 0.25) is 5.02 Å². The van der Waals surface area contributed by atoms with Gasteiger partial charge >= 0.3 is 0 Å². The first kappa shape index (κ1) is 21.4. The maximum atomic E-state index is 14.8. The summed E-state index contributed by atoms with van der Waals surface area (Å²) in [5.74, 6) is -1.16. The number of aliphatic carboxylic acids is 1. The number of fused-ring (bicyclic) bond motifs is 3. The van der Waals surface area contributed by atoms with E-state index >= 15 is 0 Å². The topological polar surface area (TPSA) is 68.1 Å². The number of carbonyl (C=O) groups is 1. The Bertz CT molecular complexity index is 1170. The number of carbonyl (C=O) groups excluding carboxylic acids is 1. The van der Waals surface area contributed by atoms with Crippen molar-refractivity contribution in [3.63, 3.8) is 0 Å². The number of aliphatic imine (C=N–C) groups is 2. The number of nitrogens with zero attached hydrogens (tertiary/aromatic N) is 4. The van der Waals surface area contributed by atoms with Crippen LogP contribution in [-0.2, 0) is 4.79 Å². The second-order valence-electron chi connectivity index (χ2n) is 7.88. The number of likely N-dealkylation sites (N-methyl/N-ethyl adjacent to an activating group) is 1. The lowest BCUT2D eigenvalue weighted by molar-refractivity contribution is -0.299. The highest BCUT2D eigenvalue weighted by Crippen LogP contribution is 2.42. The second kappa shape index (κ2) is 8.00. The quantitative estimate of drug-likeness (QED) is 0.671. The van der Waals surface area contributed by atoms with E-state index in [0.717, 1.165) is 5.69 Å². The second-order valence-corrected chi connectivity index (χ2v) is 8.32. The molecule has 1 unspecified atom stereocenters. The van der Waals surface area contributed by atoms with Crippen LogP contribution >= 0.6 is 11.6 Å². The molecule has 6 nitrogen and oxygen atoms in total. The molecule has 0 aromatic heterocycles. The maximum absolute atomic E-state index is 14.8.